The third-order valence-electron chi connectivity index (χ3n) is 4.18. The number of benzene rings is 2. The van der Waals surface area contributed by atoms with Crippen LogP contribution in [-0.4, -0.2) is 37.6 Å². The predicted octanol–water partition coefficient (Wildman–Crippen LogP) is 3.42. The van der Waals surface area contributed by atoms with Gasteiger partial charge in [0.15, 0.2) is 11.0 Å². The number of hydrogen-bond acceptors (Lipinski definition) is 7. The summed E-state index contributed by atoms with van der Waals surface area (Å²) < 4.78 is 1.96. The van der Waals surface area contributed by atoms with Gasteiger partial charge in [-0.3, -0.25) is 14.9 Å². The van der Waals surface area contributed by atoms with Crippen molar-refractivity contribution in [3.63, 3.8) is 0 Å². The second kappa shape index (κ2) is 9.79. The molecule has 3 rings (SSSR count). The van der Waals surface area contributed by atoms with Gasteiger partial charge in [-0.2, -0.15) is 5.10 Å². The molecule has 0 bridgehead atoms. The molecule has 154 valence electrons. The van der Waals surface area contributed by atoms with E-state index < -0.39 is 4.92 Å². The molecule has 0 unspecified atom stereocenters. The number of non-ortho nitro benzene ring substituents is 1. The van der Waals surface area contributed by atoms with E-state index in [0.717, 1.165) is 11.4 Å². The SMILES string of the molecule is CCn1c(SCC(=O)N/N=C\c2ccc([N+](=O)[O-])cc2)nnc1-c1ccc(C)cc1. The molecule has 2 aromatic carbocycles. The maximum absolute atomic E-state index is 12.1. The first kappa shape index (κ1) is 21.2. The highest BCUT2D eigenvalue weighted by molar-refractivity contribution is 7.99. The zero-order valence-electron chi connectivity index (χ0n) is 16.5. The van der Waals surface area contributed by atoms with Crippen LogP contribution in [0.5, 0.6) is 0 Å². The minimum atomic E-state index is -0.473. The highest BCUT2D eigenvalue weighted by Gasteiger charge is 2.14. The number of nitro benzene ring substituents is 1. The van der Waals surface area contributed by atoms with Gasteiger partial charge in [0.05, 0.1) is 16.9 Å². The number of aryl methyl sites for hydroxylation is 1. The van der Waals surface area contributed by atoms with Gasteiger partial charge in [0.1, 0.15) is 0 Å². The Kier molecular flexibility index (Phi) is 6.91. The van der Waals surface area contributed by atoms with Crippen molar-refractivity contribution in [3.8, 4) is 11.4 Å². The van der Waals surface area contributed by atoms with Crippen LogP contribution >= 0.6 is 11.8 Å². The van der Waals surface area contributed by atoms with Crippen LogP contribution < -0.4 is 5.43 Å². The lowest BCUT2D eigenvalue weighted by Gasteiger charge is -2.07. The monoisotopic (exact) mass is 424 g/mol. The number of carbonyl (C=O) groups is 1. The molecule has 0 saturated heterocycles. The number of rotatable bonds is 8. The van der Waals surface area contributed by atoms with E-state index in [0.29, 0.717) is 17.3 Å². The van der Waals surface area contributed by atoms with Gasteiger partial charge in [0.25, 0.3) is 11.6 Å². The number of carbonyl (C=O) groups excluding carboxylic acids is 1. The van der Waals surface area contributed by atoms with Gasteiger partial charge >= 0.3 is 0 Å². The van der Waals surface area contributed by atoms with E-state index in [-0.39, 0.29) is 17.3 Å². The fraction of sp³-hybridized carbons (Fsp3) is 0.200. The van der Waals surface area contributed by atoms with Crippen molar-refractivity contribution in [1.82, 2.24) is 20.2 Å². The smallest absolute Gasteiger partial charge is 0.269 e. The number of nitrogens with one attached hydrogen (secondary N) is 1. The molecule has 0 aliphatic heterocycles. The molecule has 9 nitrogen and oxygen atoms in total. The first-order chi connectivity index (χ1) is 14.5. The molecule has 0 spiro atoms. The molecule has 1 aromatic heterocycles. The van der Waals surface area contributed by atoms with E-state index in [4.69, 9.17) is 0 Å². The number of amides is 1. The Balaban J connectivity index is 1.57. The minimum Gasteiger partial charge on any atom is -0.302 e. The van der Waals surface area contributed by atoms with Crippen LogP contribution in [0, 0.1) is 17.0 Å². The van der Waals surface area contributed by atoms with E-state index >= 15 is 0 Å². The molecule has 1 heterocycles. The Hall–Kier alpha value is -3.53. The molecule has 0 atom stereocenters. The number of nitrogens with zero attached hydrogens (tertiary/aromatic N) is 5. The van der Waals surface area contributed by atoms with E-state index in [1.807, 2.05) is 42.7 Å². The first-order valence-corrected chi connectivity index (χ1v) is 10.2. The number of thioether (sulfide) groups is 1. The van der Waals surface area contributed by atoms with E-state index in [9.17, 15) is 14.9 Å². The first-order valence-electron chi connectivity index (χ1n) is 9.17. The van der Waals surface area contributed by atoms with Crippen LogP contribution in [0.1, 0.15) is 18.1 Å². The Labute approximate surface area is 177 Å². The van der Waals surface area contributed by atoms with Crippen molar-refractivity contribution in [2.45, 2.75) is 25.5 Å². The van der Waals surface area contributed by atoms with Crippen LogP contribution in [0.3, 0.4) is 0 Å². The summed E-state index contributed by atoms with van der Waals surface area (Å²) in [5, 5.41) is 23.7. The fourth-order valence-corrected chi connectivity index (χ4v) is 3.41. The lowest BCUT2D eigenvalue weighted by molar-refractivity contribution is -0.384. The summed E-state index contributed by atoms with van der Waals surface area (Å²) in [4.78, 5) is 22.2. The molecular formula is C20H20N6O3S. The van der Waals surface area contributed by atoms with Crippen LogP contribution in [0.2, 0.25) is 0 Å². The molecule has 0 radical (unpaired) electrons. The van der Waals surface area contributed by atoms with Crippen molar-refractivity contribution >= 4 is 29.6 Å². The zero-order chi connectivity index (χ0) is 21.5. The Morgan fingerprint density at radius 1 is 1.20 bits per heavy atom. The van der Waals surface area contributed by atoms with Gasteiger partial charge in [0.2, 0.25) is 0 Å². The molecule has 1 amide bonds. The number of aromatic nitrogens is 3. The van der Waals surface area contributed by atoms with Crippen molar-refractivity contribution in [2.75, 3.05) is 5.75 Å². The lowest BCUT2D eigenvalue weighted by atomic mass is 10.1. The fourth-order valence-electron chi connectivity index (χ4n) is 2.62. The maximum Gasteiger partial charge on any atom is 0.269 e. The molecule has 0 aliphatic rings. The summed E-state index contributed by atoms with van der Waals surface area (Å²) in [5.41, 5.74) is 5.22. The largest absolute Gasteiger partial charge is 0.302 e. The molecule has 0 aliphatic carbocycles. The van der Waals surface area contributed by atoms with Crippen molar-refractivity contribution < 1.29 is 9.72 Å². The molecule has 30 heavy (non-hydrogen) atoms. The van der Waals surface area contributed by atoms with Crippen molar-refractivity contribution in [3.05, 3.63) is 69.8 Å². The third-order valence-corrected chi connectivity index (χ3v) is 5.15. The van der Waals surface area contributed by atoms with Crippen LogP contribution in [0.15, 0.2) is 58.8 Å². The zero-order valence-corrected chi connectivity index (χ0v) is 17.3. The minimum absolute atomic E-state index is 0.00220. The highest BCUT2D eigenvalue weighted by atomic mass is 32.2. The van der Waals surface area contributed by atoms with Gasteiger partial charge < -0.3 is 4.57 Å². The Bertz CT molecular complexity index is 1060. The predicted molar refractivity (Wildman–Crippen MR) is 115 cm³/mol. The van der Waals surface area contributed by atoms with Gasteiger partial charge in [-0.05, 0) is 31.5 Å². The molecule has 3 aromatic rings. The van der Waals surface area contributed by atoms with Crippen LogP contribution in [0.4, 0.5) is 5.69 Å². The topological polar surface area (TPSA) is 115 Å². The maximum atomic E-state index is 12.1. The van der Waals surface area contributed by atoms with Crippen molar-refractivity contribution in [1.29, 1.82) is 0 Å². The second-order valence-electron chi connectivity index (χ2n) is 6.35. The van der Waals surface area contributed by atoms with Gasteiger partial charge in [0, 0.05) is 24.2 Å². The summed E-state index contributed by atoms with van der Waals surface area (Å²) >= 11 is 1.28. The molecule has 1 N–H and O–H groups in total. The number of hydrazone groups is 1. The summed E-state index contributed by atoms with van der Waals surface area (Å²) in [7, 11) is 0. The molecule has 10 heteroatoms. The lowest BCUT2D eigenvalue weighted by Crippen LogP contribution is -2.20. The van der Waals surface area contributed by atoms with Crippen molar-refractivity contribution in [2.24, 2.45) is 5.10 Å². The average Bonchev–Trinajstić information content (AvgIpc) is 3.16. The Morgan fingerprint density at radius 2 is 1.90 bits per heavy atom. The number of hydrogen-bond donors (Lipinski definition) is 1. The number of nitro groups is 1. The van der Waals surface area contributed by atoms with E-state index in [1.165, 1.54) is 35.7 Å². The summed E-state index contributed by atoms with van der Waals surface area (Å²) in [5.74, 6) is 0.598. The molecular weight excluding hydrogens is 404 g/mol. The summed E-state index contributed by atoms with van der Waals surface area (Å²) in [6.07, 6.45) is 1.43. The molecule has 0 fully saturated rings. The molecule has 0 saturated carbocycles. The highest BCUT2D eigenvalue weighted by Crippen LogP contribution is 2.24. The Morgan fingerprint density at radius 3 is 2.53 bits per heavy atom. The average molecular weight is 424 g/mol. The summed E-state index contributed by atoms with van der Waals surface area (Å²) in [6, 6.07) is 13.9. The van der Waals surface area contributed by atoms with Crippen LogP contribution in [0.25, 0.3) is 11.4 Å². The van der Waals surface area contributed by atoms with Crippen LogP contribution in [-0.2, 0) is 11.3 Å². The second-order valence-corrected chi connectivity index (χ2v) is 7.29. The quantitative estimate of drug-likeness (QED) is 0.256. The standard InChI is InChI=1S/C20H20N6O3S/c1-3-25-19(16-8-4-14(2)5-9-16)23-24-20(25)30-13-18(27)22-21-12-15-6-10-17(11-7-15)26(28)29/h4-12H,3,13H2,1-2H3,(H,22,27)/b21-12-. The normalized spacial score (nSPS) is 11.0. The van der Waals surface area contributed by atoms with E-state index in [1.54, 1.807) is 12.1 Å². The van der Waals surface area contributed by atoms with Gasteiger partial charge in [-0.25, -0.2) is 5.43 Å². The van der Waals surface area contributed by atoms with E-state index in [2.05, 4.69) is 20.7 Å². The van der Waals surface area contributed by atoms with Gasteiger partial charge in [-0.15, -0.1) is 10.2 Å². The summed E-state index contributed by atoms with van der Waals surface area (Å²) in [6.45, 7) is 4.70. The third kappa shape index (κ3) is 5.29. The van der Waals surface area contributed by atoms with Gasteiger partial charge in [-0.1, -0.05) is 41.6 Å².